The summed E-state index contributed by atoms with van der Waals surface area (Å²) < 4.78 is 2.69. The van der Waals surface area contributed by atoms with Crippen LogP contribution in [-0.2, 0) is 6.42 Å². The Hall–Kier alpha value is -2.58. The van der Waals surface area contributed by atoms with Crippen LogP contribution in [0.25, 0.3) is 20.2 Å². The third kappa shape index (κ3) is 4.15. The van der Waals surface area contributed by atoms with E-state index in [1.54, 1.807) is 0 Å². The lowest BCUT2D eigenvalue weighted by Gasteiger charge is -2.28. The standard InChI is InChI=1S/C28H29NS/c1-19-15-20(2)17-22(16-19)8-7-21-9-11-23(12-10-21)29-24-13-14-26-25-5-3-4-6-27(25)30-28(26)18-24/h3-6,9-14,18,20,22,29H,1,7-8,15-17H2,2H3. The van der Waals surface area contributed by atoms with Crippen molar-refractivity contribution in [1.29, 1.82) is 0 Å². The second kappa shape index (κ2) is 8.28. The summed E-state index contributed by atoms with van der Waals surface area (Å²) in [6, 6.07) is 24.3. The molecule has 1 saturated carbocycles. The summed E-state index contributed by atoms with van der Waals surface area (Å²) in [5.41, 5.74) is 5.19. The third-order valence-electron chi connectivity index (χ3n) is 6.41. The van der Waals surface area contributed by atoms with Gasteiger partial charge in [-0.1, -0.05) is 55.5 Å². The summed E-state index contributed by atoms with van der Waals surface area (Å²) in [5, 5.41) is 6.27. The molecule has 1 aliphatic carbocycles. The van der Waals surface area contributed by atoms with Gasteiger partial charge in [-0.25, -0.2) is 0 Å². The molecule has 2 heteroatoms. The Balaban J connectivity index is 1.24. The number of hydrogen-bond acceptors (Lipinski definition) is 2. The van der Waals surface area contributed by atoms with Crippen LogP contribution in [0.4, 0.5) is 11.4 Å². The molecule has 0 bridgehead atoms. The Morgan fingerprint density at radius 3 is 2.50 bits per heavy atom. The normalized spacial score (nSPS) is 19.4. The second-order valence-electron chi connectivity index (χ2n) is 9.03. The molecule has 0 aliphatic heterocycles. The topological polar surface area (TPSA) is 12.0 Å². The zero-order chi connectivity index (χ0) is 20.5. The molecule has 30 heavy (non-hydrogen) atoms. The molecule has 2 atom stereocenters. The third-order valence-corrected chi connectivity index (χ3v) is 7.55. The number of hydrogen-bond donors (Lipinski definition) is 1. The van der Waals surface area contributed by atoms with Crippen molar-refractivity contribution in [2.24, 2.45) is 11.8 Å². The van der Waals surface area contributed by atoms with Crippen molar-refractivity contribution in [2.45, 2.75) is 39.0 Å². The molecule has 4 aromatic rings. The van der Waals surface area contributed by atoms with Crippen LogP contribution in [0, 0.1) is 11.8 Å². The molecule has 5 rings (SSSR count). The number of rotatable bonds is 5. The van der Waals surface area contributed by atoms with Crippen molar-refractivity contribution in [3.8, 4) is 0 Å². The fourth-order valence-corrected chi connectivity index (χ4v) is 6.18. The van der Waals surface area contributed by atoms with Crippen molar-refractivity contribution < 1.29 is 0 Å². The van der Waals surface area contributed by atoms with Gasteiger partial charge in [0.1, 0.15) is 0 Å². The van der Waals surface area contributed by atoms with Crippen LogP contribution in [0.5, 0.6) is 0 Å². The minimum Gasteiger partial charge on any atom is -0.355 e. The molecule has 3 aromatic carbocycles. The number of benzene rings is 3. The summed E-state index contributed by atoms with van der Waals surface area (Å²) in [6.07, 6.45) is 6.25. The minimum absolute atomic E-state index is 0.807. The number of aryl methyl sites for hydroxylation is 1. The predicted octanol–water partition coefficient (Wildman–Crippen LogP) is 8.72. The summed E-state index contributed by atoms with van der Waals surface area (Å²) in [4.78, 5) is 0. The van der Waals surface area contributed by atoms with Gasteiger partial charge in [-0.05, 0) is 79.8 Å². The van der Waals surface area contributed by atoms with Crippen molar-refractivity contribution >= 4 is 42.9 Å². The first kappa shape index (κ1) is 19.4. The lowest BCUT2D eigenvalue weighted by molar-refractivity contribution is 0.321. The van der Waals surface area contributed by atoms with Gasteiger partial charge in [-0.3, -0.25) is 0 Å². The average Bonchev–Trinajstić information content (AvgIpc) is 3.10. The fourth-order valence-electron chi connectivity index (χ4n) is 5.04. The number of thiophene rings is 1. The highest BCUT2D eigenvalue weighted by Gasteiger charge is 2.20. The number of anilines is 2. The summed E-state index contributed by atoms with van der Waals surface area (Å²) in [5.74, 6) is 1.62. The average molecular weight is 412 g/mol. The highest BCUT2D eigenvalue weighted by Crippen LogP contribution is 2.36. The highest BCUT2D eigenvalue weighted by atomic mass is 32.1. The van der Waals surface area contributed by atoms with Crippen molar-refractivity contribution in [3.05, 3.63) is 84.4 Å². The van der Waals surface area contributed by atoms with E-state index in [0.717, 1.165) is 23.2 Å². The van der Waals surface area contributed by atoms with Crippen LogP contribution < -0.4 is 5.32 Å². The maximum absolute atomic E-state index is 4.24. The van der Waals surface area contributed by atoms with Crippen molar-refractivity contribution in [2.75, 3.05) is 5.32 Å². The molecule has 0 radical (unpaired) electrons. The Labute approximate surface area is 183 Å². The lowest BCUT2D eigenvalue weighted by atomic mass is 9.77. The zero-order valence-corrected chi connectivity index (χ0v) is 18.5. The first-order valence-corrected chi connectivity index (χ1v) is 11.9. The Kier molecular flexibility index (Phi) is 5.35. The van der Waals surface area contributed by atoms with Gasteiger partial charge in [0, 0.05) is 31.5 Å². The van der Waals surface area contributed by atoms with E-state index < -0.39 is 0 Å². The van der Waals surface area contributed by atoms with Crippen LogP contribution in [0.3, 0.4) is 0 Å². The van der Waals surface area contributed by atoms with Gasteiger partial charge < -0.3 is 5.32 Å². The smallest absolute Gasteiger partial charge is 0.0398 e. The molecular formula is C28H29NS. The Bertz CT molecular complexity index is 1180. The van der Waals surface area contributed by atoms with E-state index in [1.165, 1.54) is 63.4 Å². The quantitative estimate of drug-likeness (QED) is 0.324. The molecule has 152 valence electrons. The van der Waals surface area contributed by atoms with Crippen LogP contribution in [0.2, 0.25) is 0 Å². The highest BCUT2D eigenvalue weighted by molar-refractivity contribution is 7.25. The van der Waals surface area contributed by atoms with Gasteiger partial charge >= 0.3 is 0 Å². The minimum atomic E-state index is 0.807. The summed E-state index contributed by atoms with van der Waals surface area (Å²) in [6.45, 7) is 6.61. The molecule has 2 unspecified atom stereocenters. The van der Waals surface area contributed by atoms with Gasteiger partial charge in [0.05, 0.1) is 0 Å². The first-order chi connectivity index (χ1) is 14.6. The van der Waals surface area contributed by atoms with E-state index in [2.05, 4.69) is 85.5 Å². The van der Waals surface area contributed by atoms with Gasteiger partial charge in [0.25, 0.3) is 0 Å². The molecule has 1 N–H and O–H groups in total. The van der Waals surface area contributed by atoms with E-state index in [9.17, 15) is 0 Å². The molecule has 1 aromatic heterocycles. The van der Waals surface area contributed by atoms with E-state index in [1.807, 2.05) is 11.3 Å². The lowest BCUT2D eigenvalue weighted by Crippen LogP contribution is -2.15. The fraction of sp³-hybridized carbons (Fsp3) is 0.286. The predicted molar refractivity (Wildman–Crippen MR) is 133 cm³/mol. The summed E-state index contributed by atoms with van der Waals surface area (Å²) >= 11 is 1.86. The SMILES string of the molecule is C=C1CC(C)CC(CCc2ccc(Nc3ccc4c(c3)sc3ccccc34)cc2)C1. The molecule has 1 heterocycles. The van der Waals surface area contributed by atoms with Gasteiger partial charge in [0.15, 0.2) is 0 Å². The van der Waals surface area contributed by atoms with Crippen LogP contribution in [0.15, 0.2) is 78.9 Å². The van der Waals surface area contributed by atoms with Crippen molar-refractivity contribution in [3.63, 3.8) is 0 Å². The summed E-state index contributed by atoms with van der Waals surface area (Å²) in [7, 11) is 0. The van der Waals surface area contributed by atoms with Crippen LogP contribution in [-0.4, -0.2) is 0 Å². The van der Waals surface area contributed by atoms with Crippen LogP contribution >= 0.6 is 11.3 Å². The van der Waals surface area contributed by atoms with Gasteiger partial charge in [-0.15, -0.1) is 11.3 Å². The molecule has 0 amide bonds. The second-order valence-corrected chi connectivity index (χ2v) is 10.1. The molecular weight excluding hydrogens is 382 g/mol. The van der Waals surface area contributed by atoms with Gasteiger partial charge in [0.2, 0.25) is 0 Å². The van der Waals surface area contributed by atoms with E-state index in [-0.39, 0.29) is 0 Å². The molecule has 1 nitrogen and oxygen atoms in total. The first-order valence-electron chi connectivity index (χ1n) is 11.1. The molecule has 1 fully saturated rings. The molecule has 0 spiro atoms. The monoisotopic (exact) mass is 411 g/mol. The maximum Gasteiger partial charge on any atom is 0.0398 e. The van der Waals surface area contributed by atoms with Gasteiger partial charge in [-0.2, -0.15) is 0 Å². The van der Waals surface area contributed by atoms with E-state index in [0.29, 0.717) is 0 Å². The maximum atomic E-state index is 4.24. The molecule has 1 aliphatic rings. The zero-order valence-electron chi connectivity index (χ0n) is 17.7. The van der Waals surface area contributed by atoms with E-state index >= 15 is 0 Å². The van der Waals surface area contributed by atoms with Crippen molar-refractivity contribution in [1.82, 2.24) is 0 Å². The Morgan fingerprint density at radius 2 is 1.67 bits per heavy atom. The Morgan fingerprint density at radius 1 is 0.900 bits per heavy atom. The number of nitrogens with one attached hydrogen (secondary N) is 1. The number of allylic oxidation sites excluding steroid dienone is 1. The largest absolute Gasteiger partial charge is 0.355 e. The molecule has 0 saturated heterocycles. The number of fused-ring (bicyclic) bond motifs is 3. The van der Waals surface area contributed by atoms with Crippen LogP contribution in [0.1, 0.15) is 38.2 Å². The van der Waals surface area contributed by atoms with E-state index in [4.69, 9.17) is 0 Å².